The molecule has 0 bridgehead atoms. The molecule has 2 aromatic rings. The zero-order valence-corrected chi connectivity index (χ0v) is 9.63. The van der Waals surface area contributed by atoms with Crippen LogP contribution in [0.2, 0.25) is 10.0 Å². The fourth-order valence-corrected chi connectivity index (χ4v) is 1.65. The van der Waals surface area contributed by atoms with Gasteiger partial charge in [-0.2, -0.15) is 5.26 Å². The topological polar surface area (TPSA) is 36.7 Å². The Bertz CT molecular complexity index is 573. The second-order valence-electron chi connectivity index (χ2n) is 3.17. The van der Waals surface area contributed by atoms with E-state index in [-0.39, 0.29) is 0 Å². The van der Waals surface area contributed by atoms with E-state index in [9.17, 15) is 0 Å². The van der Waals surface area contributed by atoms with Crippen molar-refractivity contribution in [3.8, 4) is 17.2 Å². The quantitative estimate of drug-likeness (QED) is 0.767. The van der Waals surface area contributed by atoms with Gasteiger partial charge in [-0.1, -0.05) is 29.3 Å². The highest BCUT2D eigenvalue weighted by atomic mass is 35.5. The molecular formula is C12H6Cl2N2. The highest BCUT2D eigenvalue weighted by Crippen LogP contribution is 2.28. The molecule has 4 heteroatoms. The van der Waals surface area contributed by atoms with E-state index in [0.717, 1.165) is 11.1 Å². The van der Waals surface area contributed by atoms with Crippen molar-refractivity contribution in [2.75, 3.05) is 0 Å². The second kappa shape index (κ2) is 4.52. The van der Waals surface area contributed by atoms with E-state index in [1.165, 1.54) is 0 Å². The first-order valence-electron chi connectivity index (χ1n) is 4.52. The lowest BCUT2D eigenvalue weighted by molar-refractivity contribution is 1.26. The Morgan fingerprint density at radius 3 is 2.44 bits per heavy atom. The maximum atomic E-state index is 8.75. The van der Waals surface area contributed by atoms with Crippen LogP contribution in [0, 0.1) is 11.3 Å². The van der Waals surface area contributed by atoms with Crippen molar-refractivity contribution in [1.82, 2.24) is 4.98 Å². The molecule has 2 rings (SSSR count). The third kappa shape index (κ3) is 2.16. The second-order valence-corrected chi connectivity index (χ2v) is 3.98. The minimum atomic E-state index is 0.378. The molecule has 0 amide bonds. The van der Waals surface area contributed by atoms with Crippen LogP contribution in [0.4, 0.5) is 0 Å². The lowest BCUT2D eigenvalue weighted by atomic mass is 10.1. The number of benzene rings is 1. The average Bonchev–Trinajstić information content (AvgIpc) is 2.33. The van der Waals surface area contributed by atoms with E-state index in [1.807, 2.05) is 18.2 Å². The van der Waals surface area contributed by atoms with Crippen LogP contribution >= 0.6 is 23.2 Å². The molecule has 1 heterocycles. The number of nitriles is 1. The Hall–Kier alpha value is -1.56. The molecule has 0 saturated carbocycles. The third-order valence-corrected chi connectivity index (χ3v) is 2.87. The van der Waals surface area contributed by atoms with E-state index in [0.29, 0.717) is 15.7 Å². The van der Waals surface area contributed by atoms with Crippen molar-refractivity contribution in [2.24, 2.45) is 0 Å². The highest BCUT2D eigenvalue weighted by molar-refractivity contribution is 6.42. The summed E-state index contributed by atoms with van der Waals surface area (Å²) >= 11 is 11.8. The molecule has 0 radical (unpaired) electrons. The number of aromatic nitrogens is 1. The van der Waals surface area contributed by atoms with Gasteiger partial charge in [0.1, 0.15) is 11.8 Å². The normalized spacial score (nSPS) is 9.81. The van der Waals surface area contributed by atoms with Gasteiger partial charge in [-0.15, -0.1) is 0 Å². The van der Waals surface area contributed by atoms with Gasteiger partial charge < -0.3 is 0 Å². The van der Waals surface area contributed by atoms with Gasteiger partial charge >= 0.3 is 0 Å². The summed E-state index contributed by atoms with van der Waals surface area (Å²) in [4.78, 5) is 3.90. The number of pyridine rings is 1. The van der Waals surface area contributed by atoms with Crippen molar-refractivity contribution in [3.05, 3.63) is 52.3 Å². The van der Waals surface area contributed by atoms with Gasteiger partial charge in [0.15, 0.2) is 0 Å². The maximum Gasteiger partial charge on any atom is 0.141 e. The van der Waals surface area contributed by atoms with E-state index in [4.69, 9.17) is 28.5 Å². The summed E-state index contributed by atoms with van der Waals surface area (Å²) in [6.07, 6.45) is 1.59. The monoisotopic (exact) mass is 248 g/mol. The van der Waals surface area contributed by atoms with Crippen molar-refractivity contribution in [3.63, 3.8) is 0 Å². The molecule has 1 aromatic heterocycles. The van der Waals surface area contributed by atoms with Crippen LogP contribution in [0.1, 0.15) is 5.69 Å². The molecule has 0 saturated heterocycles. The molecule has 0 atom stereocenters. The molecule has 0 unspecified atom stereocenters. The maximum absolute atomic E-state index is 8.75. The van der Waals surface area contributed by atoms with Crippen molar-refractivity contribution in [1.29, 1.82) is 5.26 Å². The van der Waals surface area contributed by atoms with Gasteiger partial charge in [0.25, 0.3) is 0 Å². The van der Waals surface area contributed by atoms with Crippen LogP contribution in [0.25, 0.3) is 11.1 Å². The third-order valence-electron chi connectivity index (χ3n) is 2.13. The first-order chi connectivity index (χ1) is 7.70. The summed E-state index contributed by atoms with van der Waals surface area (Å²) in [5.74, 6) is 0. The van der Waals surface area contributed by atoms with Crippen LogP contribution in [0.5, 0.6) is 0 Å². The molecule has 16 heavy (non-hydrogen) atoms. The van der Waals surface area contributed by atoms with Gasteiger partial charge in [0.2, 0.25) is 0 Å². The van der Waals surface area contributed by atoms with Crippen molar-refractivity contribution >= 4 is 23.2 Å². The van der Waals surface area contributed by atoms with Crippen LogP contribution in [-0.4, -0.2) is 4.98 Å². The zero-order valence-electron chi connectivity index (χ0n) is 8.11. The zero-order chi connectivity index (χ0) is 11.5. The first kappa shape index (κ1) is 10.9. The average molecular weight is 249 g/mol. The SMILES string of the molecule is N#Cc1cc(-c2ccc(Cl)c(Cl)c2)ccn1. The predicted octanol–water partition coefficient (Wildman–Crippen LogP) is 3.93. The number of rotatable bonds is 1. The van der Waals surface area contributed by atoms with Gasteiger partial charge in [0.05, 0.1) is 10.0 Å². The van der Waals surface area contributed by atoms with Crippen LogP contribution in [0.15, 0.2) is 36.5 Å². The Labute approximate surface area is 103 Å². The molecule has 0 fully saturated rings. The van der Waals surface area contributed by atoms with E-state index >= 15 is 0 Å². The van der Waals surface area contributed by atoms with Crippen molar-refractivity contribution < 1.29 is 0 Å². The lowest BCUT2D eigenvalue weighted by Crippen LogP contribution is -1.84. The number of hydrogen-bond donors (Lipinski definition) is 0. The Morgan fingerprint density at radius 2 is 1.75 bits per heavy atom. The number of hydrogen-bond acceptors (Lipinski definition) is 2. The van der Waals surface area contributed by atoms with Crippen molar-refractivity contribution in [2.45, 2.75) is 0 Å². The Morgan fingerprint density at radius 1 is 1.00 bits per heavy atom. The first-order valence-corrected chi connectivity index (χ1v) is 5.28. The summed E-state index contributed by atoms with van der Waals surface area (Å²) in [6.45, 7) is 0. The van der Waals surface area contributed by atoms with Crippen LogP contribution in [0.3, 0.4) is 0 Å². The molecule has 0 aliphatic heterocycles. The molecular weight excluding hydrogens is 243 g/mol. The number of nitrogens with zero attached hydrogens (tertiary/aromatic N) is 2. The fraction of sp³-hybridized carbons (Fsp3) is 0. The van der Waals surface area contributed by atoms with Crippen LogP contribution in [-0.2, 0) is 0 Å². The van der Waals surface area contributed by atoms with E-state index in [2.05, 4.69) is 4.98 Å². The molecule has 1 aromatic carbocycles. The lowest BCUT2D eigenvalue weighted by Gasteiger charge is -2.03. The summed E-state index contributed by atoms with van der Waals surface area (Å²) in [5, 5.41) is 9.76. The summed E-state index contributed by atoms with van der Waals surface area (Å²) in [5.41, 5.74) is 2.18. The largest absolute Gasteiger partial charge is 0.246 e. The summed E-state index contributed by atoms with van der Waals surface area (Å²) in [6, 6.07) is 10.9. The Balaban J connectivity index is 2.51. The molecule has 0 aliphatic carbocycles. The Kier molecular flexibility index (Phi) is 3.09. The minimum Gasteiger partial charge on any atom is -0.246 e. The molecule has 0 spiro atoms. The summed E-state index contributed by atoms with van der Waals surface area (Å²) < 4.78 is 0. The minimum absolute atomic E-state index is 0.378. The highest BCUT2D eigenvalue weighted by Gasteiger charge is 2.03. The number of halogens is 2. The summed E-state index contributed by atoms with van der Waals surface area (Å²) in [7, 11) is 0. The van der Waals surface area contributed by atoms with E-state index < -0.39 is 0 Å². The van der Waals surface area contributed by atoms with E-state index in [1.54, 1.807) is 24.4 Å². The molecule has 2 nitrogen and oxygen atoms in total. The standard InChI is InChI=1S/C12H6Cl2N2/c13-11-2-1-8(6-12(11)14)9-3-4-16-10(5-9)7-15/h1-6H. The van der Waals surface area contributed by atoms with Crippen LogP contribution < -0.4 is 0 Å². The van der Waals surface area contributed by atoms with Gasteiger partial charge in [0, 0.05) is 6.20 Å². The fourth-order valence-electron chi connectivity index (χ4n) is 1.35. The van der Waals surface area contributed by atoms with Gasteiger partial charge in [-0.05, 0) is 35.4 Å². The molecule has 0 aliphatic rings. The predicted molar refractivity (Wildman–Crippen MR) is 64.4 cm³/mol. The smallest absolute Gasteiger partial charge is 0.141 e. The van der Waals surface area contributed by atoms with Gasteiger partial charge in [-0.3, -0.25) is 0 Å². The molecule has 0 N–H and O–H groups in total. The molecule has 78 valence electrons. The van der Waals surface area contributed by atoms with Gasteiger partial charge in [-0.25, -0.2) is 4.98 Å².